The number of nitrogen functional groups attached to an aromatic ring is 1. The van der Waals surface area contributed by atoms with Crippen LogP contribution in [0.5, 0.6) is 11.5 Å². The molecule has 0 saturated heterocycles. The maximum absolute atomic E-state index is 7.61. The van der Waals surface area contributed by atoms with Crippen LogP contribution in [0.3, 0.4) is 0 Å². The fraction of sp³-hybridized carbons (Fsp3) is 0.133. The molecule has 0 radical (unpaired) electrons. The zero-order valence-electron chi connectivity index (χ0n) is 10.6. The Labute approximate surface area is 121 Å². The van der Waals surface area contributed by atoms with Crippen LogP contribution in [0, 0.1) is 5.41 Å². The number of rotatable bonds is 4. The lowest BCUT2D eigenvalue weighted by atomic mass is 10.1. The molecule has 2 rings (SSSR count). The first-order valence-electron chi connectivity index (χ1n) is 6.01. The number of nitrogens with one attached hydrogen (secondary N) is 1. The van der Waals surface area contributed by atoms with E-state index in [4.69, 9.17) is 15.9 Å². The molecule has 0 aliphatic carbocycles. The van der Waals surface area contributed by atoms with E-state index in [9.17, 15) is 0 Å². The van der Waals surface area contributed by atoms with Crippen molar-refractivity contribution in [3.63, 3.8) is 0 Å². The first-order valence-corrected chi connectivity index (χ1v) is 6.80. The van der Waals surface area contributed by atoms with E-state index >= 15 is 0 Å². The first-order chi connectivity index (χ1) is 9.11. The van der Waals surface area contributed by atoms with Crippen LogP contribution in [-0.4, -0.2) is 5.84 Å². The van der Waals surface area contributed by atoms with Crippen LogP contribution in [0.25, 0.3) is 0 Å². The van der Waals surface area contributed by atoms with E-state index in [-0.39, 0.29) is 5.84 Å². The van der Waals surface area contributed by atoms with Crippen LogP contribution in [0.1, 0.15) is 18.1 Å². The molecule has 2 aromatic carbocycles. The Morgan fingerprint density at radius 3 is 2.63 bits per heavy atom. The third-order valence-electron chi connectivity index (χ3n) is 2.81. The average molecular weight is 319 g/mol. The largest absolute Gasteiger partial charge is 0.456 e. The summed E-state index contributed by atoms with van der Waals surface area (Å²) in [6.07, 6.45) is 0.891. The lowest BCUT2D eigenvalue weighted by Crippen LogP contribution is -2.12. The number of hydrogen-bond acceptors (Lipinski definition) is 2. The number of hydrogen-bond donors (Lipinski definition) is 2. The Morgan fingerprint density at radius 1 is 1.21 bits per heavy atom. The fourth-order valence-corrected chi connectivity index (χ4v) is 2.18. The van der Waals surface area contributed by atoms with E-state index in [1.807, 2.05) is 36.4 Å². The van der Waals surface area contributed by atoms with Crippen molar-refractivity contribution < 1.29 is 4.74 Å². The molecule has 0 amide bonds. The molecule has 98 valence electrons. The van der Waals surface area contributed by atoms with Crippen molar-refractivity contribution in [1.82, 2.24) is 0 Å². The highest BCUT2D eigenvalue weighted by molar-refractivity contribution is 9.10. The third kappa shape index (κ3) is 3.15. The predicted molar refractivity (Wildman–Crippen MR) is 81.1 cm³/mol. The minimum atomic E-state index is -0.00900. The normalized spacial score (nSPS) is 10.2. The molecule has 4 heteroatoms. The highest BCUT2D eigenvalue weighted by Crippen LogP contribution is 2.30. The van der Waals surface area contributed by atoms with Crippen molar-refractivity contribution in [2.75, 3.05) is 0 Å². The number of nitrogens with two attached hydrogens (primary N) is 1. The molecule has 0 heterocycles. The van der Waals surface area contributed by atoms with Gasteiger partial charge in [-0.2, -0.15) is 0 Å². The molecule has 3 N–H and O–H groups in total. The molecule has 0 spiro atoms. The summed E-state index contributed by atoms with van der Waals surface area (Å²) in [5.74, 6) is 1.39. The van der Waals surface area contributed by atoms with Gasteiger partial charge in [-0.25, -0.2) is 0 Å². The average Bonchev–Trinajstić information content (AvgIpc) is 2.41. The van der Waals surface area contributed by atoms with Crippen molar-refractivity contribution in [3.8, 4) is 11.5 Å². The van der Waals surface area contributed by atoms with Gasteiger partial charge in [0.15, 0.2) is 0 Å². The van der Waals surface area contributed by atoms with Gasteiger partial charge in [-0.05, 0) is 36.2 Å². The maximum Gasteiger partial charge on any atom is 0.138 e. The maximum atomic E-state index is 7.61. The second-order valence-electron chi connectivity index (χ2n) is 4.12. The van der Waals surface area contributed by atoms with Crippen LogP contribution in [0.4, 0.5) is 0 Å². The Bertz CT molecular complexity index is 611. The quantitative estimate of drug-likeness (QED) is 0.659. The van der Waals surface area contributed by atoms with Crippen LogP contribution in [0.2, 0.25) is 0 Å². The van der Waals surface area contributed by atoms with Gasteiger partial charge in [0.1, 0.15) is 17.3 Å². The van der Waals surface area contributed by atoms with E-state index in [2.05, 4.69) is 22.9 Å². The Balaban J connectivity index is 2.41. The molecule has 0 aliphatic heterocycles. The standard InChI is InChI=1S/C15H15BrN2O/c1-2-10-5-3-4-6-13(10)19-14-8-7-11(16)9-12(14)15(17)18/h3-9H,2H2,1H3,(H3,17,18). The Hall–Kier alpha value is -1.81. The predicted octanol–water partition coefficient (Wildman–Crippen LogP) is 4.09. The van der Waals surface area contributed by atoms with Gasteiger partial charge in [0, 0.05) is 4.47 Å². The fourth-order valence-electron chi connectivity index (χ4n) is 1.82. The monoisotopic (exact) mass is 318 g/mol. The number of benzene rings is 2. The zero-order chi connectivity index (χ0) is 13.8. The molecule has 2 aromatic rings. The van der Waals surface area contributed by atoms with Crippen LogP contribution in [-0.2, 0) is 6.42 Å². The molecule has 0 fully saturated rings. The van der Waals surface area contributed by atoms with E-state index in [1.165, 1.54) is 0 Å². The number of para-hydroxylation sites is 1. The van der Waals surface area contributed by atoms with Crippen molar-refractivity contribution in [2.24, 2.45) is 5.73 Å². The summed E-state index contributed by atoms with van der Waals surface area (Å²) in [6, 6.07) is 13.3. The minimum absolute atomic E-state index is 0.00900. The topological polar surface area (TPSA) is 59.1 Å². The lowest BCUT2D eigenvalue weighted by Gasteiger charge is -2.13. The lowest BCUT2D eigenvalue weighted by molar-refractivity contribution is 0.475. The molecule has 19 heavy (non-hydrogen) atoms. The summed E-state index contributed by atoms with van der Waals surface area (Å²) in [6.45, 7) is 2.08. The van der Waals surface area contributed by atoms with Crippen molar-refractivity contribution in [1.29, 1.82) is 5.41 Å². The van der Waals surface area contributed by atoms with Crippen LogP contribution in [0.15, 0.2) is 46.9 Å². The van der Waals surface area contributed by atoms with Crippen molar-refractivity contribution in [2.45, 2.75) is 13.3 Å². The smallest absolute Gasteiger partial charge is 0.138 e. The zero-order valence-corrected chi connectivity index (χ0v) is 12.2. The van der Waals surface area contributed by atoms with Crippen molar-refractivity contribution in [3.05, 3.63) is 58.1 Å². The van der Waals surface area contributed by atoms with Gasteiger partial charge in [-0.1, -0.05) is 41.1 Å². The van der Waals surface area contributed by atoms with E-state index in [0.29, 0.717) is 11.3 Å². The van der Waals surface area contributed by atoms with Crippen molar-refractivity contribution >= 4 is 21.8 Å². The van der Waals surface area contributed by atoms with Gasteiger partial charge in [-0.3, -0.25) is 5.41 Å². The molecule has 0 bridgehead atoms. The van der Waals surface area contributed by atoms with Gasteiger partial charge in [0.25, 0.3) is 0 Å². The minimum Gasteiger partial charge on any atom is -0.456 e. The summed E-state index contributed by atoms with van der Waals surface area (Å²) in [7, 11) is 0. The number of aryl methyl sites for hydroxylation is 1. The van der Waals surface area contributed by atoms with Gasteiger partial charge in [0.05, 0.1) is 5.56 Å². The Morgan fingerprint density at radius 2 is 1.95 bits per heavy atom. The third-order valence-corrected chi connectivity index (χ3v) is 3.30. The van der Waals surface area contributed by atoms with E-state index in [1.54, 1.807) is 6.07 Å². The highest BCUT2D eigenvalue weighted by atomic mass is 79.9. The molecule has 3 nitrogen and oxygen atoms in total. The summed E-state index contributed by atoms with van der Waals surface area (Å²) in [5, 5.41) is 7.61. The summed E-state index contributed by atoms with van der Waals surface area (Å²) >= 11 is 3.37. The Kier molecular flexibility index (Phi) is 4.22. The second kappa shape index (κ2) is 5.89. The number of amidine groups is 1. The number of ether oxygens (including phenoxy) is 1. The SMILES string of the molecule is CCc1ccccc1Oc1ccc(Br)cc1C(=N)N. The molecule has 0 aromatic heterocycles. The molecular weight excluding hydrogens is 304 g/mol. The summed E-state index contributed by atoms with van der Waals surface area (Å²) in [4.78, 5) is 0. The van der Waals surface area contributed by atoms with Crippen LogP contribution < -0.4 is 10.5 Å². The van der Waals surface area contributed by atoms with E-state index in [0.717, 1.165) is 22.2 Å². The van der Waals surface area contributed by atoms with Gasteiger partial charge >= 0.3 is 0 Å². The second-order valence-corrected chi connectivity index (χ2v) is 5.03. The van der Waals surface area contributed by atoms with Gasteiger partial charge < -0.3 is 10.5 Å². The first kappa shape index (κ1) is 13.6. The molecule has 0 saturated carbocycles. The number of halogens is 1. The molecule has 0 unspecified atom stereocenters. The molecular formula is C15H15BrN2O. The van der Waals surface area contributed by atoms with Gasteiger partial charge in [-0.15, -0.1) is 0 Å². The van der Waals surface area contributed by atoms with E-state index < -0.39 is 0 Å². The molecule has 0 atom stereocenters. The van der Waals surface area contributed by atoms with Gasteiger partial charge in [0.2, 0.25) is 0 Å². The van der Waals surface area contributed by atoms with Crippen LogP contribution >= 0.6 is 15.9 Å². The summed E-state index contributed by atoms with van der Waals surface area (Å²) in [5.41, 5.74) is 7.30. The molecule has 0 aliphatic rings. The highest BCUT2D eigenvalue weighted by Gasteiger charge is 2.10. The summed E-state index contributed by atoms with van der Waals surface area (Å²) < 4.78 is 6.78.